The molecule has 0 spiro atoms. The minimum atomic E-state index is -1.92. The molecular weight excluding hydrogens is 654 g/mol. The van der Waals surface area contributed by atoms with Crippen LogP contribution in [0.1, 0.15) is 74.7 Å². The van der Waals surface area contributed by atoms with Gasteiger partial charge in [0.05, 0.1) is 53.8 Å². The van der Waals surface area contributed by atoms with Crippen molar-refractivity contribution in [3.8, 4) is 0 Å². The van der Waals surface area contributed by atoms with Crippen molar-refractivity contribution in [1.82, 2.24) is 4.90 Å². The second-order valence-electron chi connectivity index (χ2n) is 14.8. The zero-order valence-corrected chi connectivity index (χ0v) is 31.1. The summed E-state index contributed by atoms with van der Waals surface area (Å²) < 4.78 is 18.1. The number of amides is 1. The van der Waals surface area contributed by atoms with E-state index in [4.69, 9.17) is 14.2 Å². The van der Waals surface area contributed by atoms with Crippen molar-refractivity contribution < 1.29 is 54.4 Å². The summed E-state index contributed by atoms with van der Waals surface area (Å²) in [6.07, 6.45) is -9.22. The molecule has 13 heteroatoms. The number of carbonyl (C=O) groups is 2. The third-order valence-electron chi connectivity index (χ3n) is 10.6. The molecule has 2 saturated heterocycles. The van der Waals surface area contributed by atoms with Gasteiger partial charge in [-0.2, -0.15) is 0 Å². The van der Waals surface area contributed by atoms with E-state index in [0.717, 1.165) is 4.90 Å². The highest BCUT2D eigenvalue weighted by Gasteiger charge is 2.51. The maximum absolute atomic E-state index is 13.3. The van der Waals surface area contributed by atoms with Crippen molar-refractivity contribution in [2.45, 2.75) is 146 Å². The van der Waals surface area contributed by atoms with Crippen molar-refractivity contribution in [3.63, 3.8) is 0 Å². The predicted molar refractivity (Wildman–Crippen MR) is 184 cm³/mol. The van der Waals surface area contributed by atoms with E-state index < -0.39 is 95.9 Å². The Hall–Kier alpha value is -1.81. The fraction of sp³-hybridized carbons (Fsp3) is 0.778. The Labute approximate surface area is 295 Å². The summed E-state index contributed by atoms with van der Waals surface area (Å²) >= 11 is 1.38. The van der Waals surface area contributed by atoms with Crippen LogP contribution in [0.2, 0.25) is 0 Å². The van der Waals surface area contributed by atoms with Crippen LogP contribution in [0.5, 0.6) is 0 Å². The highest BCUT2D eigenvalue weighted by molar-refractivity contribution is 8.00. The Morgan fingerprint density at radius 2 is 1.59 bits per heavy atom. The number of rotatable bonds is 7. The van der Waals surface area contributed by atoms with Crippen molar-refractivity contribution in [2.24, 2.45) is 23.7 Å². The van der Waals surface area contributed by atoms with E-state index in [2.05, 4.69) is 0 Å². The number of hydrogen-bond donors (Lipinski definition) is 6. The van der Waals surface area contributed by atoms with Crippen molar-refractivity contribution >= 4 is 23.6 Å². The average molecular weight is 714 g/mol. The first-order valence-corrected chi connectivity index (χ1v) is 18.3. The maximum atomic E-state index is 13.3. The molecule has 1 amide bonds. The summed E-state index contributed by atoms with van der Waals surface area (Å²) in [6.45, 7) is 12.6. The molecule has 0 saturated carbocycles. The average Bonchev–Trinajstić information content (AvgIpc) is 3.06. The smallest absolute Gasteiger partial charge is 0.311 e. The normalized spacial score (nSPS) is 42.9. The van der Waals surface area contributed by atoms with Gasteiger partial charge in [0.25, 0.3) is 0 Å². The lowest BCUT2D eigenvalue weighted by Gasteiger charge is -2.47. The first-order chi connectivity index (χ1) is 22.7. The largest absolute Gasteiger partial charge is 0.459 e. The molecule has 2 heterocycles. The third-order valence-corrected chi connectivity index (χ3v) is 11.6. The minimum Gasteiger partial charge on any atom is -0.459 e. The molecule has 2 aliphatic heterocycles. The quantitative estimate of drug-likeness (QED) is 0.179. The molecule has 0 aliphatic carbocycles. The molecule has 3 rings (SSSR count). The molecule has 1 aromatic rings. The van der Waals surface area contributed by atoms with Crippen LogP contribution in [0.15, 0.2) is 35.2 Å². The summed E-state index contributed by atoms with van der Waals surface area (Å²) in [5.74, 6) is -4.50. The Bertz CT molecular complexity index is 1220. The van der Waals surface area contributed by atoms with E-state index in [-0.39, 0.29) is 24.5 Å². The summed E-state index contributed by atoms with van der Waals surface area (Å²) in [6, 6.07) is 8.82. The Morgan fingerprint density at radius 3 is 2.18 bits per heavy atom. The minimum absolute atomic E-state index is 0.0813. The van der Waals surface area contributed by atoms with Gasteiger partial charge in [0.15, 0.2) is 6.29 Å². The van der Waals surface area contributed by atoms with Gasteiger partial charge in [0, 0.05) is 23.8 Å². The van der Waals surface area contributed by atoms with Gasteiger partial charge in [-0.15, -0.1) is 11.8 Å². The number of cyclic esters (lactones) is 1. The van der Waals surface area contributed by atoms with Crippen molar-refractivity contribution in [1.29, 1.82) is 0 Å². The van der Waals surface area contributed by atoms with Crippen LogP contribution >= 0.6 is 11.8 Å². The predicted octanol–water partition coefficient (Wildman–Crippen LogP) is 2.34. The number of aliphatic hydroxyl groups excluding tert-OH is 4. The van der Waals surface area contributed by atoms with Crippen molar-refractivity contribution in [2.75, 3.05) is 12.8 Å². The zero-order valence-electron chi connectivity index (χ0n) is 30.3. The number of benzene rings is 1. The Kier molecular flexibility index (Phi) is 14.6. The lowest BCUT2D eigenvalue weighted by Crippen LogP contribution is -2.61. The number of aliphatic hydroxyl groups is 6. The fourth-order valence-electron chi connectivity index (χ4n) is 7.41. The van der Waals surface area contributed by atoms with Gasteiger partial charge in [-0.1, -0.05) is 45.9 Å². The van der Waals surface area contributed by atoms with Gasteiger partial charge >= 0.3 is 5.97 Å². The second-order valence-corrected chi connectivity index (χ2v) is 15.9. The van der Waals surface area contributed by atoms with Crippen LogP contribution < -0.4 is 0 Å². The van der Waals surface area contributed by atoms with E-state index >= 15 is 0 Å². The van der Waals surface area contributed by atoms with Crippen molar-refractivity contribution in [3.05, 3.63) is 30.3 Å². The summed E-state index contributed by atoms with van der Waals surface area (Å²) in [4.78, 5) is 29.0. The monoisotopic (exact) mass is 713 g/mol. The molecule has 0 radical (unpaired) electrons. The summed E-state index contributed by atoms with van der Waals surface area (Å²) in [5, 5.41) is 69.0. The molecular formula is C36H59NO11S. The lowest BCUT2D eigenvalue weighted by molar-refractivity contribution is -0.299. The number of likely N-dealkylation sites (N-methyl/N-ethyl adjacent to an activating group) is 1. The summed E-state index contributed by atoms with van der Waals surface area (Å²) in [7, 11) is 1.62. The lowest BCUT2D eigenvalue weighted by atomic mass is 9.73. The standard InChI is InChI=1S/C36H59NO11S/c1-10-26-36(8,45)31(42)21(4)28(39)19(2)17-35(7,44)32(22(5)29(40)23(6)33(43)47-26)48-34-30(41)25(16-20(3)46-34)37(9)27(38)18-49-24-14-12-11-13-15-24/h11-15,19-23,25-26,28-32,34,39-42,44-45H,10,16-18H2,1-9H3/t19-,20-,21+,22+,23-,25+,26-,28+,29+,30-,31-,32-,34+,35?,36-/m1/s1. The number of ether oxygens (including phenoxy) is 3. The third kappa shape index (κ3) is 9.75. The van der Waals surface area contributed by atoms with Gasteiger partial charge in [-0.3, -0.25) is 9.59 Å². The fourth-order valence-corrected chi connectivity index (χ4v) is 8.25. The Balaban J connectivity index is 1.92. The Morgan fingerprint density at radius 1 is 0.980 bits per heavy atom. The molecule has 2 fully saturated rings. The molecule has 15 atom stereocenters. The maximum Gasteiger partial charge on any atom is 0.311 e. The van der Waals surface area contributed by atoms with Gasteiger partial charge in [0.2, 0.25) is 5.91 Å². The molecule has 6 N–H and O–H groups in total. The molecule has 1 aromatic carbocycles. The van der Waals surface area contributed by atoms with Crippen LogP contribution in [0.25, 0.3) is 0 Å². The van der Waals surface area contributed by atoms with E-state index in [0.29, 0.717) is 6.42 Å². The topological polar surface area (TPSA) is 186 Å². The van der Waals surface area contributed by atoms with E-state index in [9.17, 15) is 40.2 Å². The van der Waals surface area contributed by atoms with Crippen LogP contribution in [0, 0.1) is 23.7 Å². The van der Waals surface area contributed by atoms with Gasteiger partial charge < -0.3 is 49.7 Å². The van der Waals surface area contributed by atoms with Crippen LogP contribution in [-0.4, -0.2) is 126 Å². The van der Waals surface area contributed by atoms with Crippen LogP contribution in [0.3, 0.4) is 0 Å². The summed E-state index contributed by atoms with van der Waals surface area (Å²) in [5.41, 5.74) is -3.70. The SMILES string of the molecule is CC[C@H]1OC(=O)[C@H](C)[C@@H](O)[C@H](C)[C@@H](O[C@@H]2O[C@H](C)C[C@H](N(C)C(=O)CSc3ccccc3)[C@H]2O)C(C)(O)C[C@@H](C)[C@H](O)[C@H](C)[C@@H](O)[C@]1(C)O. The molecule has 0 bridgehead atoms. The molecule has 2 aliphatic rings. The highest BCUT2D eigenvalue weighted by atomic mass is 32.2. The molecule has 280 valence electrons. The number of esters is 1. The van der Waals surface area contributed by atoms with E-state index in [1.807, 2.05) is 30.3 Å². The number of thioether (sulfide) groups is 1. The number of hydrogen-bond acceptors (Lipinski definition) is 12. The van der Waals surface area contributed by atoms with Gasteiger partial charge in [-0.05, 0) is 65.0 Å². The molecule has 1 unspecified atom stereocenters. The van der Waals surface area contributed by atoms with Gasteiger partial charge in [0.1, 0.15) is 17.8 Å². The first kappa shape index (κ1) is 41.6. The highest BCUT2D eigenvalue weighted by Crippen LogP contribution is 2.38. The second kappa shape index (κ2) is 17.1. The molecule has 12 nitrogen and oxygen atoms in total. The van der Waals surface area contributed by atoms with Crippen LogP contribution in [-0.2, 0) is 23.8 Å². The van der Waals surface area contributed by atoms with Gasteiger partial charge in [-0.25, -0.2) is 0 Å². The van der Waals surface area contributed by atoms with E-state index in [1.165, 1.54) is 37.4 Å². The first-order valence-electron chi connectivity index (χ1n) is 17.4. The zero-order chi connectivity index (χ0) is 37.0. The number of nitrogens with zero attached hydrogens (tertiary/aromatic N) is 1. The van der Waals surface area contributed by atoms with E-state index in [1.54, 1.807) is 41.7 Å². The van der Waals surface area contributed by atoms with Crippen LogP contribution in [0.4, 0.5) is 0 Å². The molecule has 0 aromatic heterocycles. The molecule has 49 heavy (non-hydrogen) atoms. The number of carbonyl (C=O) groups excluding carboxylic acids is 2.